The van der Waals surface area contributed by atoms with Crippen LogP contribution in [0.3, 0.4) is 0 Å². The maximum Gasteiger partial charge on any atom is 0.0595 e. The fourth-order valence-electron chi connectivity index (χ4n) is 1.26. The van der Waals surface area contributed by atoms with Crippen molar-refractivity contribution in [3.8, 4) is 0 Å². The van der Waals surface area contributed by atoms with Gasteiger partial charge in [-0.25, -0.2) is 0 Å². The fourth-order valence-corrected chi connectivity index (χ4v) is 2.06. The maximum absolute atomic E-state index is 6.22. The molecule has 0 aliphatic rings. The summed E-state index contributed by atoms with van der Waals surface area (Å²) in [6, 6.07) is 5.55. The van der Waals surface area contributed by atoms with E-state index in [0.717, 1.165) is 12.0 Å². The van der Waals surface area contributed by atoms with Crippen LogP contribution in [0.1, 0.15) is 31.2 Å². The van der Waals surface area contributed by atoms with Crippen molar-refractivity contribution in [3.63, 3.8) is 0 Å². The molecular formula is C11H13Cl3. The first-order valence-electron chi connectivity index (χ1n) is 4.59. The summed E-state index contributed by atoms with van der Waals surface area (Å²) in [5.41, 5.74) is 1.04. The number of rotatable bonds is 3. The quantitative estimate of drug-likeness (QED) is 0.638. The Morgan fingerprint density at radius 3 is 2.29 bits per heavy atom. The van der Waals surface area contributed by atoms with Gasteiger partial charge in [0.15, 0.2) is 0 Å². The second kappa shape index (κ2) is 5.25. The molecule has 14 heavy (non-hydrogen) atoms. The summed E-state index contributed by atoms with van der Waals surface area (Å²) in [5, 5.41) is 1.16. The lowest BCUT2D eigenvalue weighted by molar-refractivity contribution is 0.575. The van der Waals surface area contributed by atoms with Crippen LogP contribution < -0.4 is 0 Å². The van der Waals surface area contributed by atoms with Crippen LogP contribution >= 0.6 is 34.8 Å². The first-order chi connectivity index (χ1) is 6.50. The van der Waals surface area contributed by atoms with Crippen LogP contribution in [0, 0.1) is 5.92 Å². The van der Waals surface area contributed by atoms with Gasteiger partial charge in [0.1, 0.15) is 0 Å². The summed E-state index contributed by atoms with van der Waals surface area (Å²) in [7, 11) is 0. The number of hydrogen-bond donors (Lipinski definition) is 0. The molecule has 0 nitrogen and oxygen atoms in total. The molecule has 0 heterocycles. The van der Waals surface area contributed by atoms with Crippen LogP contribution in [0.4, 0.5) is 0 Å². The van der Waals surface area contributed by atoms with Crippen molar-refractivity contribution < 1.29 is 0 Å². The minimum Gasteiger partial charge on any atom is -0.118 e. The van der Waals surface area contributed by atoms with E-state index in [-0.39, 0.29) is 5.38 Å². The Labute approximate surface area is 100 Å². The summed E-state index contributed by atoms with van der Waals surface area (Å²) >= 11 is 17.9. The molecule has 0 aliphatic heterocycles. The molecule has 1 atom stereocenters. The molecule has 1 aromatic rings. The van der Waals surface area contributed by atoms with Crippen molar-refractivity contribution in [2.45, 2.75) is 25.6 Å². The van der Waals surface area contributed by atoms with E-state index in [4.69, 9.17) is 34.8 Å². The van der Waals surface area contributed by atoms with Crippen molar-refractivity contribution in [1.29, 1.82) is 0 Å². The van der Waals surface area contributed by atoms with Crippen LogP contribution in [-0.2, 0) is 0 Å². The van der Waals surface area contributed by atoms with Crippen molar-refractivity contribution in [2.24, 2.45) is 5.92 Å². The molecule has 0 saturated heterocycles. The van der Waals surface area contributed by atoms with E-state index in [1.165, 1.54) is 0 Å². The third kappa shape index (κ3) is 3.34. The smallest absolute Gasteiger partial charge is 0.0595 e. The summed E-state index contributed by atoms with van der Waals surface area (Å²) in [4.78, 5) is 0. The Hall–Kier alpha value is 0.0900. The minimum absolute atomic E-state index is 0.0183. The van der Waals surface area contributed by atoms with E-state index in [1.807, 2.05) is 12.1 Å². The Morgan fingerprint density at radius 2 is 1.79 bits per heavy atom. The van der Waals surface area contributed by atoms with Crippen LogP contribution in [0.15, 0.2) is 18.2 Å². The summed E-state index contributed by atoms with van der Waals surface area (Å²) in [5.74, 6) is 0.576. The normalized spacial score (nSPS) is 13.3. The van der Waals surface area contributed by atoms with Gasteiger partial charge in [-0.3, -0.25) is 0 Å². The van der Waals surface area contributed by atoms with Crippen molar-refractivity contribution in [3.05, 3.63) is 33.8 Å². The average Bonchev–Trinajstić information content (AvgIpc) is 2.08. The van der Waals surface area contributed by atoms with E-state index >= 15 is 0 Å². The molecule has 78 valence electrons. The predicted molar refractivity (Wildman–Crippen MR) is 64.5 cm³/mol. The van der Waals surface area contributed by atoms with Crippen LogP contribution in [-0.4, -0.2) is 0 Å². The standard InChI is InChI=1S/C11H13Cl3/c1-7(2)5-10(13)8-3-4-9(12)11(14)6-8/h3-4,6-7,10H,5H2,1-2H3. The van der Waals surface area contributed by atoms with Gasteiger partial charge in [-0.2, -0.15) is 0 Å². The fraction of sp³-hybridized carbons (Fsp3) is 0.455. The monoisotopic (exact) mass is 250 g/mol. The zero-order chi connectivity index (χ0) is 10.7. The topological polar surface area (TPSA) is 0 Å². The largest absolute Gasteiger partial charge is 0.118 e. The van der Waals surface area contributed by atoms with Gasteiger partial charge < -0.3 is 0 Å². The third-order valence-corrected chi connectivity index (χ3v) is 3.15. The molecule has 0 bridgehead atoms. The Kier molecular flexibility index (Phi) is 4.56. The van der Waals surface area contributed by atoms with Gasteiger partial charge in [-0.1, -0.05) is 43.1 Å². The average molecular weight is 252 g/mol. The Balaban J connectivity index is 2.80. The summed E-state index contributed by atoms with van der Waals surface area (Å²) < 4.78 is 0. The lowest BCUT2D eigenvalue weighted by atomic mass is 10.0. The summed E-state index contributed by atoms with van der Waals surface area (Å²) in [6.07, 6.45) is 0.944. The zero-order valence-corrected chi connectivity index (χ0v) is 10.5. The molecule has 1 aromatic carbocycles. The van der Waals surface area contributed by atoms with E-state index in [1.54, 1.807) is 6.07 Å². The number of halogens is 3. The lowest BCUT2D eigenvalue weighted by Gasteiger charge is -2.12. The van der Waals surface area contributed by atoms with Gasteiger partial charge in [0.2, 0.25) is 0 Å². The van der Waals surface area contributed by atoms with Gasteiger partial charge >= 0.3 is 0 Å². The molecular weight excluding hydrogens is 238 g/mol. The van der Waals surface area contributed by atoms with Crippen molar-refractivity contribution in [2.75, 3.05) is 0 Å². The van der Waals surface area contributed by atoms with E-state index in [2.05, 4.69) is 13.8 Å². The highest BCUT2D eigenvalue weighted by molar-refractivity contribution is 6.42. The van der Waals surface area contributed by atoms with Gasteiger partial charge in [0.25, 0.3) is 0 Å². The van der Waals surface area contributed by atoms with E-state index < -0.39 is 0 Å². The molecule has 3 heteroatoms. The molecule has 0 saturated carbocycles. The van der Waals surface area contributed by atoms with Crippen LogP contribution in [0.2, 0.25) is 10.0 Å². The van der Waals surface area contributed by atoms with Gasteiger partial charge in [-0.15, -0.1) is 11.6 Å². The second-order valence-electron chi connectivity index (χ2n) is 3.77. The SMILES string of the molecule is CC(C)CC(Cl)c1ccc(Cl)c(Cl)c1. The van der Waals surface area contributed by atoms with E-state index in [0.29, 0.717) is 16.0 Å². The van der Waals surface area contributed by atoms with Gasteiger partial charge in [0.05, 0.1) is 15.4 Å². The van der Waals surface area contributed by atoms with Crippen LogP contribution in [0.25, 0.3) is 0 Å². The number of benzene rings is 1. The summed E-state index contributed by atoms with van der Waals surface area (Å²) in [6.45, 7) is 4.29. The van der Waals surface area contributed by atoms with Gasteiger partial charge in [0, 0.05) is 0 Å². The minimum atomic E-state index is 0.0183. The van der Waals surface area contributed by atoms with Crippen molar-refractivity contribution >= 4 is 34.8 Å². The first-order valence-corrected chi connectivity index (χ1v) is 5.79. The Morgan fingerprint density at radius 1 is 1.14 bits per heavy atom. The molecule has 1 unspecified atom stereocenters. The highest BCUT2D eigenvalue weighted by atomic mass is 35.5. The Bertz CT molecular complexity index is 307. The lowest BCUT2D eigenvalue weighted by Crippen LogP contribution is -1.96. The number of alkyl halides is 1. The van der Waals surface area contributed by atoms with Gasteiger partial charge in [-0.05, 0) is 30.0 Å². The maximum atomic E-state index is 6.22. The van der Waals surface area contributed by atoms with Crippen LogP contribution in [0.5, 0.6) is 0 Å². The molecule has 1 rings (SSSR count). The zero-order valence-electron chi connectivity index (χ0n) is 8.23. The van der Waals surface area contributed by atoms with E-state index in [9.17, 15) is 0 Å². The van der Waals surface area contributed by atoms with Crippen molar-refractivity contribution in [1.82, 2.24) is 0 Å². The molecule has 0 aromatic heterocycles. The molecule has 0 amide bonds. The highest BCUT2D eigenvalue weighted by Crippen LogP contribution is 2.32. The third-order valence-electron chi connectivity index (χ3n) is 1.98. The molecule has 0 fully saturated rings. The second-order valence-corrected chi connectivity index (χ2v) is 5.11. The molecule has 0 aliphatic carbocycles. The molecule has 0 spiro atoms. The molecule has 0 radical (unpaired) electrons. The molecule has 0 N–H and O–H groups in total. The number of hydrogen-bond acceptors (Lipinski definition) is 0. The highest BCUT2D eigenvalue weighted by Gasteiger charge is 2.11. The predicted octanol–water partition coefficient (Wildman–Crippen LogP) is 5.32. The first kappa shape index (κ1) is 12.2.